The third-order valence-corrected chi connectivity index (χ3v) is 5.82. The summed E-state index contributed by atoms with van der Waals surface area (Å²) in [6, 6.07) is 16.9. The molecule has 3 aromatic rings. The number of ether oxygens (including phenoxy) is 1. The zero-order valence-electron chi connectivity index (χ0n) is 16.5. The number of fused-ring (bicyclic) bond motifs is 1. The number of hydrogen-bond donors (Lipinski definition) is 3. The molecule has 148 valence electrons. The standard InChI is InChI=1S/C24H31N3O/c25-17-19-4-9-23-21(15-19)16-24(27-23)20-5-7-22(8-6-20)28-14-2-1-3-18-10-12-26-13-11-18/h4-9,15-16,18,26-27H,1-3,10-14,17,25H2. The van der Waals surface area contributed by atoms with E-state index in [0.29, 0.717) is 6.54 Å². The highest BCUT2D eigenvalue weighted by Gasteiger charge is 2.12. The van der Waals surface area contributed by atoms with Crippen LogP contribution in [0, 0.1) is 5.92 Å². The summed E-state index contributed by atoms with van der Waals surface area (Å²) in [4.78, 5) is 3.49. The van der Waals surface area contributed by atoms with Crippen LogP contribution in [0.25, 0.3) is 22.2 Å². The maximum absolute atomic E-state index is 5.94. The topological polar surface area (TPSA) is 63.1 Å². The van der Waals surface area contributed by atoms with E-state index in [1.165, 1.54) is 49.7 Å². The quantitative estimate of drug-likeness (QED) is 0.492. The maximum Gasteiger partial charge on any atom is 0.119 e. The molecule has 28 heavy (non-hydrogen) atoms. The Kier molecular flexibility index (Phi) is 6.30. The summed E-state index contributed by atoms with van der Waals surface area (Å²) in [5, 5.41) is 4.64. The number of unbranched alkanes of at least 4 members (excludes halogenated alkanes) is 1. The lowest BCUT2D eigenvalue weighted by Gasteiger charge is -2.22. The molecule has 0 amide bonds. The van der Waals surface area contributed by atoms with Gasteiger partial charge in [-0.15, -0.1) is 0 Å². The van der Waals surface area contributed by atoms with E-state index < -0.39 is 0 Å². The van der Waals surface area contributed by atoms with Crippen LogP contribution < -0.4 is 15.8 Å². The molecular weight excluding hydrogens is 346 g/mol. The van der Waals surface area contributed by atoms with Gasteiger partial charge >= 0.3 is 0 Å². The van der Waals surface area contributed by atoms with Crippen LogP contribution in [-0.2, 0) is 6.54 Å². The molecule has 0 bridgehead atoms. The highest BCUT2D eigenvalue weighted by molar-refractivity contribution is 5.86. The van der Waals surface area contributed by atoms with E-state index in [9.17, 15) is 0 Å². The van der Waals surface area contributed by atoms with Crippen LogP contribution in [0.2, 0.25) is 0 Å². The summed E-state index contributed by atoms with van der Waals surface area (Å²) in [5.41, 5.74) is 10.3. The van der Waals surface area contributed by atoms with Gasteiger partial charge in [-0.3, -0.25) is 0 Å². The molecule has 4 nitrogen and oxygen atoms in total. The number of rotatable bonds is 8. The predicted octanol–water partition coefficient (Wildman–Crippen LogP) is 4.84. The molecule has 1 saturated heterocycles. The molecule has 0 radical (unpaired) electrons. The summed E-state index contributed by atoms with van der Waals surface area (Å²) in [6.45, 7) is 3.76. The molecule has 4 N–H and O–H groups in total. The van der Waals surface area contributed by atoms with Crippen molar-refractivity contribution in [3.63, 3.8) is 0 Å². The Labute approximate surface area is 167 Å². The van der Waals surface area contributed by atoms with Gasteiger partial charge in [0.05, 0.1) is 6.61 Å². The largest absolute Gasteiger partial charge is 0.494 e. The zero-order chi connectivity index (χ0) is 19.2. The van der Waals surface area contributed by atoms with Crippen LogP contribution in [0.5, 0.6) is 5.75 Å². The molecule has 4 heteroatoms. The molecule has 0 atom stereocenters. The van der Waals surface area contributed by atoms with Gasteiger partial charge in [-0.25, -0.2) is 0 Å². The van der Waals surface area contributed by atoms with E-state index in [-0.39, 0.29) is 0 Å². The first-order valence-electron chi connectivity index (χ1n) is 10.6. The minimum absolute atomic E-state index is 0.570. The molecule has 2 aromatic carbocycles. The second kappa shape index (κ2) is 9.26. The molecule has 0 saturated carbocycles. The molecule has 0 aliphatic carbocycles. The normalized spacial score (nSPS) is 15.2. The van der Waals surface area contributed by atoms with Gasteiger partial charge in [0.1, 0.15) is 5.75 Å². The van der Waals surface area contributed by atoms with Gasteiger partial charge in [-0.1, -0.05) is 12.5 Å². The third-order valence-electron chi connectivity index (χ3n) is 5.82. The Morgan fingerprint density at radius 1 is 0.964 bits per heavy atom. The second-order valence-corrected chi connectivity index (χ2v) is 7.87. The predicted molar refractivity (Wildman–Crippen MR) is 117 cm³/mol. The van der Waals surface area contributed by atoms with Gasteiger partial charge in [-0.05, 0) is 98.3 Å². The van der Waals surface area contributed by atoms with E-state index in [0.717, 1.165) is 41.5 Å². The molecule has 1 fully saturated rings. The van der Waals surface area contributed by atoms with Gasteiger partial charge in [0.15, 0.2) is 0 Å². The van der Waals surface area contributed by atoms with Crippen molar-refractivity contribution in [3.8, 4) is 17.0 Å². The highest BCUT2D eigenvalue weighted by atomic mass is 16.5. The Balaban J connectivity index is 1.27. The summed E-state index contributed by atoms with van der Waals surface area (Å²) >= 11 is 0. The molecular formula is C24H31N3O. The molecule has 1 aliphatic heterocycles. The van der Waals surface area contributed by atoms with Crippen LogP contribution in [0.15, 0.2) is 48.5 Å². The average Bonchev–Trinajstić information content (AvgIpc) is 3.18. The van der Waals surface area contributed by atoms with Crippen molar-refractivity contribution in [2.24, 2.45) is 11.7 Å². The molecule has 0 unspecified atom stereocenters. The number of benzene rings is 2. The summed E-state index contributed by atoms with van der Waals surface area (Å²) in [7, 11) is 0. The molecule has 1 aliphatic rings. The number of nitrogens with two attached hydrogens (primary N) is 1. The van der Waals surface area contributed by atoms with Crippen molar-refractivity contribution in [1.82, 2.24) is 10.3 Å². The monoisotopic (exact) mass is 377 g/mol. The lowest BCUT2D eigenvalue weighted by Crippen LogP contribution is -2.27. The fourth-order valence-electron chi connectivity index (χ4n) is 4.09. The van der Waals surface area contributed by atoms with Gasteiger partial charge in [-0.2, -0.15) is 0 Å². The van der Waals surface area contributed by atoms with Gasteiger partial charge in [0.2, 0.25) is 0 Å². The van der Waals surface area contributed by atoms with Crippen LogP contribution in [0.4, 0.5) is 0 Å². The maximum atomic E-state index is 5.94. The SMILES string of the molecule is NCc1ccc2[nH]c(-c3ccc(OCCCCC4CCNCC4)cc3)cc2c1. The Morgan fingerprint density at radius 3 is 2.57 bits per heavy atom. The number of nitrogens with one attached hydrogen (secondary N) is 2. The first-order chi connectivity index (χ1) is 13.8. The van der Waals surface area contributed by atoms with Crippen molar-refractivity contribution in [2.75, 3.05) is 19.7 Å². The number of piperidine rings is 1. The van der Waals surface area contributed by atoms with Crippen molar-refractivity contribution >= 4 is 10.9 Å². The second-order valence-electron chi connectivity index (χ2n) is 7.87. The fourth-order valence-corrected chi connectivity index (χ4v) is 4.09. The first-order valence-corrected chi connectivity index (χ1v) is 10.6. The van der Waals surface area contributed by atoms with Crippen molar-refractivity contribution < 1.29 is 4.74 Å². The zero-order valence-corrected chi connectivity index (χ0v) is 16.5. The van der Waals surface area contributed by atoms with Crippen molar-refractivity contribution in [3.05, 3.63) is 54.1 Å². The summed E-state index contributed by atoms with van der Waals surface area (Å²) in [6.07, 6.45) is 6.42. The number of H-pyrrole nitrogens is 1. The number of aromatic nitrogens is 1. The first kappa shape index (κ1) is 19.0. The number of aromatic amines is 1. The van der Waals surface area contributed by atoms with Crippen molar-refractivity contribution in [2.45, 2.75) is 38.6 Å². The molecule has 1 aromatic heterocycles. The van der Waals surface area contributed by atoms with Gasteiger partial charge < -0.3 is 20.8 Å². The lowest BCUT2D eigenvalue weighted by atomic mass is 9.93. The third kappa shape index (κ3) is 4.75. The minimum atomic E-state index is 0.570. The highest BCUT2D eigenvalue weighted by Crippen LogP contribution is 2.26. The fraction of sp³-hybridized carbons (Fsp3) is 0.417. The van der Waals surface area contributed by atoms with E-state index >= 15 is 0 Å². The molecule has 0 spiro atoms. The van der Waals surface area contributed by atoms with E-state index in [1.54, 1.807) is 0 Å². The van der Waals surface area contributed by atoms with Crippen LogP contribution in [0.3, 0.4) is 0 Å². The molecule has 2 heterocycles. The summed E-state index contributed by atoms with van der Waals surface area (Å²) in [5.74, 6) is 1.87. The number of hydrogen-bond acceptors (Lipinski definition) is 3. The summed E-state index contributed by atoms with van der Waals surface area (Å²) < 4.78 is 5.94. The Bertz CT molecular complexity index is 879. The van der Waals surface area contributed by atoms with Crippen molar-refractivity contribution in [1.29, 1.82) is 0 Å². The molecule has 4 rings (SSSR count). The smallest absolute Gasteiger partial charge is 0.119 e. The van der Waals surface area contributed by atoms with E-state index in [1.807, 2.05) is 0 Å². The van der Waals surface area contributed by atoms with Crippen LogP contribution in [-0.4, -0.2) is 24.7 Å². The minimum Gasteiger partial charge on any atom is -0.494 e. The van der Waals surface area contributed by atoms with Crippen LogP contribution in [0.1, 0.15) is 37.7 Å². The lowest BCUT2D eigenvalue weighted by molar-refractivity contribution is 0.287. The van der Waals surface area contributed by atoms with Crippen LogP contribution >= 0.6 is 0 Å². The van der Waals surface area contributed by atoms with E-state index in [4.69, 9.17) is 10.5 Å². The Morgan fingerprint density at radius 2 is 1.79 bits per heavy atom. The Hall–Kier alpha value is -2.30. The van der Waals surface area contributed by atoms with Gasteiger partial charge in [0.25, 0.3) is 0 Å². The van der Waals surface area contributed by atoms with E-state index in [2.05, 4.69) is 58.8 Å². The van der Waals surface area contributed by atoms with Gasteiger partial charge in [0, 0.05) is 23.1 Å². The average molecular weight is 378 g/mol.